The Labute approximate surface area is 150 Å². The first kappa shape index (κ1) is 17.7. The molecule has 1 aromatic heterocycles. The maximum atomic E-state index is 12.9. The van der Waals surface area contributed by atoms with Crippen molar-refractivity contribution in [2.24, 2.45) is 0 Å². The van der Waals surface area contributed by atoms with E-state index in [1.54, 1.807) is 18.3 Å². The zero-order chi connectivity index (χ0) is 17.8. The fourth-order valence-corrected chi connectivity index (χ4v) is 4.24. The van der Waals surface area contributed by atoms with E-state index in [0.717, 1.165) is 38.3 Å². The van der Waals surface area contributed by atoms with E-state index in [1.165, 1.54) is 12.8 Å². The molecule has 6 heteroatoms. The Morgan fingerprint density at radius 2 is 2.08 bits per heavy atom. The third-order valence-corrected chi connectivity index (χ3v) is 5.52. The molecule has 2 saturated heterocycles. The van der Waals surface area contributed by atoms with Crippen LogP contribution in [0, 0.1) is 11.3 Å². The Morgan fingerprint density at radius 1 is 1.32 bits per heavy atom. The Bertz CT molecular complexity index is 638. The second-order valence-corrected chi connectivity index (χ2v) is 7.01. The predicted octanol–water partition coefficient (Wildman–Crippen LogP) is 1.86. The number of hydrogen-bond acceptors (Lipinski definition) is 5. The van der Waals surface area contributed by atoms with Gasteiger partial charge in [0.2, 0.25) is 5.91 Å². The number of likely N-dealkylation sites (N-methyl/N-ethyl adjacent to an activating group) is 2. The van der Waals surface area contributed by atoms with Gasteiger partial charge in [-0.25, -0.2) is 4.98 Å². The average molecular weight is 341 g/mol. The van der Waals surface area contributed by atoms with E-state index >= 15 is 0 Å². The molecular formula is C19H27N5O. The van der Waals surface area contributed by atoms with Gasteiger partial charge in [-0.2, -0.15) is 5.26 Å². The Balaban J connectivity index is 1.64. The van der Waals surface area contributed by atoms with Crippen LogP contribution in [-0.2, 0) is 4.79 Å². The number of carbonyl (C=O) groups excluding carboxylic acids is 1. The number of likely N-dealkylation sites (tertiary alicyclic amines) is 2. The molecule has 0 spiro atoms. The fraction of sp³-hybridized carbons (Fsp3) is 0.632. The van der Waals surface area contributed by atoms with E-state index in [9.17, 15) is 4.79 Å². The summed E-state index contributed by atoms with van der Waals surface area (Å²) >= 11 is 0. The van der Waals surface area contributed by atoms with Crippen molar-refractivity contribution in [2.75, 3.05) is 38.1 Å². The highest BCUT2D eigenvalue weighted by molar-refractivity contribution is 5.81. The first-order valence-electron chi connectivity index (χ1n) is 9.25. The SMILES string of the molecule is CCN1CCC[C@H]1[C@@H]1CCCN1C(=O)CN(C)c1ccc(C#N)cn1. The summed E-state index contributed by atoms with van der Waals surface area (Å²) in [5, 5.41) is 8.86. The number of aromatic nitrogens is 1. The van der Waals surface area contributed by atoms with Crippen molar-refractivity contribution >= 4 is 11.7 Å². The van der Waals surface area contributed by atoms with Crippen molar-refractivity contribution < 1.29 is 4.79 Å². The maximum absolute atomic E-state index is 12.9. The summed E-state index contributed by atoms with van der Waals surface area (Å²) in [5.74, 6) is 0.901. The van der Waals surface area contributed by atoms with Crippen molar-refractivity contribution in [3.05, 3.63) is 23.9 Å². The third-order valence-electron chi connectivity index (χ3n) is 5.52. The number of anilines is 1. The second kappa shape index (κ2) is 7.83. The minimum absolute atomic E-state index is 0.180. The van der Waals surface area contributed by atoms with Crippen molar-refractivity contribution in [1.29, 1.82) is 5.26 Å². The van der Waals surface area contributed by atoms with Gasteiger partial charge in [0, 0.05) is 31.9 Å². The minimum atomic E-state index is 0.180. The van der Waals surface area contributed by atoms with Gasteiger partial charge >= 0.3 is 0 Å². The van der Waals surface area contributed by atoms with Crippen molar-refractivity contribution in [1.82, 2.24) is 14.8 Å². The molecule has 0 radical (unpaired) electrons. The Hall–Kier alpha value is -2.13. The molecule has 1 aromatic rings. The molecular weight excluding hydrogens is 314 g/mol. The summed E-state index contributed by atoms with van der Waals surface area (Å²) in [6.45, 7) is 5.64. The van der Waals surface area contributed by atoms with Gasteiger partial charge in [-0.3, -0.25) is 9.69 Å². The number of pyridine rings is 1. The molecule has 3 heterocycles. The van der Waals surface area contributed by atoms with E-state index < -0.39 is 0 Å². The van der Waals surface area contributed by atoms with Crippen LogP contribution in [0.15, 0.2) is 18.3 Å². The molecule has 3 rings (SSSR count). The summed E-state index contributed by atoms with van der Waals surface area (Å²) in [7, 11) is 1.88. The van der Waals surface area contributed by atoms with E-state index in [0.29, 0.717) is 24.2 Å². The highest BCUT2D eigenvalue weighted by Crippen LogP contribution is 2.30. The van der Waals surface area contributed by atoms with E-state index in [-0.39, 0.29) is 5.91 Å². The lowest BCUT2D eigenvalue weighted by molar-refractivity contribution is -0.131. The van der Waals surface area contributed by atoms with Gasteiger partial charge in [-0.05, 0) is 50.9 Å². The molecule has 25 heavy (non-hydrogen) atoms. The Morgan fingerprint density at radius 3 is 2.76 bits per heavy atom. The third kappa shape index (κ3) is 3.77. The normalized spacial score (nSPS) is 23.6. The quantitative estimate of drug-likeness (QED) is 0.818. The summed E-state index contributed by atoms with van der Waals surface area (Å²) in [4.78, 5) is 23.7. The lowest BCUT2D eigenvalue weighted by Gasteiger charge is -2.35. The van der Waals surface area contributed by atoms with Gasteiger partial charge in [-0.15, -0.1) is 0 Å². The highest BCUT2D eigenvalue weighted by Gasteiger charge is 2.39. The largest absolute Gasteiger partial charge is 0.350 e. The summed E-state index contributed by atoms with van der Waals surface area (Å²) in [6, 6.07) is 6.48. The number of hydrogen-bond donors (Lipinski definition) is 0. The average Bonchev–Trinajstić information content (AvgIpc) is 3.29. The van der Waals surface area contributed by atoms with Crippen molar-refractivity contribution in [3.8, 4) is 6.07 Å². The summed E-state index contributed by atoms with van der Waals surface area (Å²) in [5.41, 5.74) is 0.531. The van der Waals surface area contributed by atoms with Crippen LogP contribution in [0.5, 0.6) is 0 Å². The van der Waals surface area contributed by atoms with Gasteiger partial charge in [0.05, 0.1) is 12.1 Å². The number of rotatable bonds is 5. The fourth-order valence-electron chi connectivity index (χ4n) is 4.24. The number of carbonyl (C=O) groups is 1. The molecule has 2 aliphatic heterocycles. The second-order valence-electron chi connectivity index (χ2n) is 7.01. The topological polar surface area (TPSA) is 63.5 Å². The van der Waals surface area contributed by atoms with Gasteiger partial charge in [-0.1, -0.05) is 6.92 Å². The van der Waals surface area contributed by atoms with Crippen LogP contribution in [0.2, 0.25) is 0 Å². The van der Waals surface area contributed by atoms with Crippen molar-refractivity contribution in [2.45, 2.75) is 44.7 Å². The van der Waals surface area contributed by atoms with Gasteiger partial charge < -0.3 is 9.80 Å². The molecule has 0 bridgehead atoms. The van der Waals surface area contributed by atoms with Crippen LogP contribution in [0.4, 0.5) is 5.82 Å². The van der Waals surface area contributed by atoms with Gasteiger partial charge in [0.1, 0.15) is 11.9 Å². The predicted molar refractivity (Wildman–Crippen MR) is 97.2 cm³/mol. The lowest BCUT2D eigenvalue weighted by Crippen LogP contribution is -2.50. The van der Waals surface area contributed by atoms with Gasteiger partial charge in [0.15, 0.2) is 0 Å². The molecule has 2 atom stereocenters. The molecule has 0 N–H and O–H groups in total. The standard InChI is InChI=1S/C19H27N5O/c1-3-23-10-4-6-16(23)17-7-5-11-24(17)19(25)14-22(2)18-9-8-15(12-20)13-21-18/h8-9,13,16-17H,3-7,10-11,14H2,1-2H3/t16-,17-/m0/s1. The highest BCUT2D eigenvalue weighted by atomic mass is 16.2. The van der Waals surface area contributed by atoms with Gasteiger partial charge in [0.25, 0.3) is 0 Å². The Kier molecular flexibility index (Phi) is 5.54. The molecule has 6 nitrogen and oxygen atoms in total. The minimum Gasteiger partial charge on any atom is -0.350 e. The van der Waals surface area contributed by atoms with Crippen LogP contribution >= 0.6 is 0 Å². The van der Waals surface area contributed by atoms with E-state index in [1.807, 2.05) is 11.9 Å². The molecule has 0 aromatic carbocycles. The summed E-state index contributed by atoms with van der Waals surface area (Å²) < 4.78 is 0. The molecule has 0 saturated carbocycles. The van der Waals surface area contributed by atoms with Crippen LogP contribution in [0.25, 0.3) is 0 Å². The molecule has 2 aliphatic rings. The van der Waals surface area contributed by atoms with E-state index in [4.69, 9.17) is 5.26 Å². The number of nitriles is 1. The van der Waals surface area contributed by atoms with Crippen LogP contribution in [-0.4, -0.2) is 66.0 Å². The molecule has 2 fully saturated rings. The van der Waals surface area contributed by atoms with Crippen LogP contribution in [0.3, 0.4) is 0 Å². The number of nitrogens with zero attached hydrogens (tertiary/aromatic N) is 5. The van der Waals surface area contributed by atoms with Crippen molar-refractivity contribution in [3.63, 3.8) is 0 Å². The monoisotopic (exact) mass is 341 g/mol. The molecule has 1 amide bonds. The first-order valence-corrected chi connectivity index (χ1v) is 9.25. The van der Waals surface area contributed by atoms with Crippen LogP contribution in [0.1, 0.15) is 38.2 Å². The lowest BCUT2D eigenvalue weighted by atomic mass is 10.0. The zero-order valence-electron chi connectivity index (χ0n) is 15.2. The molecule has 134 valence electrons. The van der Waals surface area contributed by atoms with E-state index in [2.05, 4.69) is 27.8 Å². The zero-order valence-corrected chi connectivity index (χ0v) is 15.2. The number of amides is 1. The molecule has 0 aliphatic carbocycles. The molecule has 0 unspecified atom stereocenters. The smallest absolute Gasteiger partial charge is 0.242 e. The van der Waals surface area contributed by atoms with Crippen LogP contribution < -0.4 is 4.90 Å². The summed E-state index contributed by atoms with van der Waals surface area (Å²) in [6.07, 6.45) is 6.21. The maximum Gasteiger partial charge on any atom is 0.242 e. The first-order chi connectivity index (χ1) is 12.1.